The van der Waals surface area contributed by atoms with Crippen LogP contribution in [-0.4, -0.2) is 25.0 Å². The highest BCUT2D eigenvalue weighted by atomic mass is 79.9. The molecule has 1 amide bonds. The van der Waals surface area contributed by atoms with Crippen LogP contribution < -0.4 is 10.6 Å². The lowest BCUT2D eigenvalue weighted by Crippen LogP contribution is -2.53. The first-order chi connectivity index (χ1) is 10.6. The summed E-state index contributed by atoms with van der Waals surface area (Å²) in [5.41, 5.74) is 0.859. The molecular formula is C18H25BrN2O. The van der Waals surface area contributed by atoms with Crippen molar-refractivity contribution < 1.29 is 4.79 Å². The number of nitrogens with one attached hydrogen (secondary N) is 2. The highest BCUT2D eigenvalue weighted by Crippen LogP contribution is 2.42. The fourth-order valence-electron chi connectivity index (χ4n) is 3.93. The summed E-state index contributed by atoms with van der Waals surface area (Å²) >= 11 is 3.49. The van der Waals surface area contributed by atoms with Crippen LogP contribution in [0.1, 0.15) is 44.6 Å². The molecule has 2 unspecified atom stereocenters. The van der Waals surface area contributed by atoms with Crippen molar-refractivity contribution in [1.82, 2.24) is 10.6 Å². The lowest BCUT2D eigenvalue weighted by atomic mass is 9.77. The summed E-state index contributed by atoms with van der Waals surface area (Å²) in [5.74, 6) is 0.743. The summed E-state index contributed by atoms with van der Waals surface area (Å²) in [6.07, 6.45) is 5.26. The SMILES string of the molecule is CC1CNCCC1NC(=O)C1(c2ccc(Br)cc2)CCCC1. The maximum absolute atomic E-state index is 13.1. The Morgan fingerprint density at radius 3 is 2.59 bits per heavy atom. The molecule has 0 bridgehead atoms. The van der Waals surface area contributed by atoms with Crippen molar-refractivity contribution in [3.05, 3.63) is 34.3 Å². The minimum absolute atomic E-state index is 0.242. The van der Waals surface area contributed by atoms with Gasteiger partial charge in [0.25, 0.3) is 0 Å². The van der Waals surface area contributed by atoms with Crippen LogP contribution in [0.5, 0.6) is 0 Å². The van der Waals surface area contributed by atoms with Crippen LogP contribution in [0.15, 0.2) is 28.7 Å². The molecule has 22 heavy (non-hydrogen) atoms. The largest absolute Gasteiger partial charge is 0.352 e. The predicted molar refractivity (Wildman–Crippen MR) is 92.9 cm³/mol. The van der Waals surface area contributed by atoms with Crippen LogP contribution >= 0.6 is 15.9 Å². The van der Waals surface area contributed by atoms with Gasteiger partial charge in [0.2, 0.25) is 5.91 Å². The number of amides is 1. The van der Waals surface area contributed by atoms with Gasteiger partial charge in [-0.05, 0) is 56.0 Å². The average molecular weight is 365 g/mol. The van der Waals surface area contributed by atoms with Crippen LogP contribution in [0.25, 0.3) is 0 Å². The molecule has 1 aromatic rings. The molecule has 0 spiro atoms. The molecule has 1 aliphatic carbocycles. The Kier molecular flexibility index (Phi) is 4.88. The molecular weight excluding hydrogens is 340 g/mol. The summed E-state index contributed by atoms with van der Waals surface area (Å²) in [4.78, 5) is 13.1. The first kappa shape index (κ1) is 16.0. The third kappa shape index (κ3) is 3.09. The van der Waals surface area contributed by atoms with Gasteiger partial charge < -0.3 is 10.6 Å². The van der Waals surface area contributed by atoms with Crippen molar-refractivity contribution >= 4 is 21.8 Å². The van der Waals surface area contributed by atoms with Crippen LogP contribution in [0, 0.1) is 5.92 Å². The van der Waals surface area contributed by atoms with Crippen molar-refractivity contribution in [2.45, 2.75) is 50.5 Å². The maximum Gasteiger partial charge on any atom is 0.230 e. The second-order valence-electron chi connectivity index (χ2n) is 6.85. The van der Waals surface area contributed by atoms with E-state index in [-0.39, 0.29) is 11.3 Å². The zero-order valence-corrected chi connectivity index (χ0v) is 14.8. The van der Waals surface area contributed by atoms with Gasteiger partial charge in [0.15, 0.2) is 0 Å². The van der Waals surface area contributed by atoms with Gasteiger partial charge in [0.05, 0.1) is 5.41 Å². The summed E-state index contributed by atoms with van der Waals surface area (Å²) in [6, 6.07) is 8.63. The third-order valence-corrected chi connectivity index (χ3v) is 5.92. The first-order valence-corrected chi connectivity index (χ1v) is 9.19. The fraction of sp³-hybridized carbons (Fsp3) is 0.611. The van der Waals surface area contributed by atoms with E-state index >= 15 is 0 Å². The number of hydrogen-bond donors (Lipinski definition) is 2. The fourth-order valence-corrected chi connectivity index (χ4v) is 4.19. The average Bonchev–Trinajstić information content (AvgIpc) is 3.01. The van der Waals surface area contributed by atoms with Gasteiger partial charge in [-0.1, -0.05) is 47.8 Å². The number of piperidine rings is 1. The van der Waals surface area contributed by atoms with Gasteiger partial charge in [-0.2, -0.15) is 0 Å². The highest BCUT2D eigenvalue weighted by molar-refractivity contribution is 9.10. The third-order valence-electron chi connectivity index (χ3n) is 5.39. The molecule has 3 nitrogen and oxygen atoms in total. The van der Waals surface area contributed by atoms with Crippen LogP contribution in [0.4, 0.5) is 0 Å². The molecule has 3 rings (SSSR count). The maximum atomic E-state index is 13.1. The van der Waals surface area contributed by atoms with Gasteiger partial charge in [-0.25, -0.2) is 0 Å². The molecule has 0 radical (unpaired) electrons. The van der Waals surface area contributed by atoms with E-state index in [9.17, 15) is 4.79 Å². The zero-order valence-electron chi connectivity index (χ0n) is 13.2. The van der Waals surface area contributed by atoms with Gasteiger partial charge >= 0.3 is 0 Å². The molecule has 1 aliphatic heterocycles. The molecule has 4 heteroatoms. The molecule has 2 atom stereocenters. The molecule has 2 aliphatic rings. The molecule has 2 N–H and O–H groups in total. The van der Waals surface area contributed by atoms with E-state index in [0.29, 0.717) is 12.0 Å². The molecule has 120 valence electrons. The van der Waals surface area contributed by atoms with Crippen molar-refractivity contribution in [3.63, 3.8) is 0 Å². The van der Waals surface area contributed by atoms with E-state index in [0.717, 1.165) is 49.7 Å². The summed E-state index contributed by atoms with van der Waals surface area (Å²) in [7, 11) is 0. The van der Waals surface area contributed by atoms with Gasteiger partial charge in [-0.3, -0.25) is 4.79 Å². The van der Waals surface area contributed by atoms with E-state index in [1.807, 2.05) is 0 Å². The number of carbonyl (C=O) groups excluding carboxylic acids is 1. The van der Waals surface area contributed by atoms with Crippen molar-refractivity contribution in [2.75, 3.05) is 13.1 Å². The number of benzene rings is 1. The van der Waals surface area contributed by atoms with Crippen molar-refractivity contribution in [3.8, 4) is 0 Å². The summed E-state index contributed by atoms with van der Waals surface area (Å²) in [6.45, 7) is 4.22. The van der Waals surface area contributed by atoms with Crippen molar-refractivity contribution in [1.29, 1.82) is 0 Å². The van der Waals surface area contributed by atoms with Crippen molar-refractivity contribution in [2.24, 2.45) is 5.92 Å². The predicted octanol–water partition coefficient (Wildman–Crippen LogP) is 3.38. The summed E-state index contributed by atoms with van der Waals surface area (Å²) < 4.78 is 1.07. The molecule has 0 aromatic heterocycles. The smallest absolute Gasteiger partial charge is 0.230 e. The van der Waals surface area contributed by atoms with E-state index < -0.39 is 0 Å². The Labute approximate surface area is 141 Å². The zero-order chi connectivity index (χ0) is 15.6. The molecule has 1 heterocycles. The lowest BCUT2D eigenvalue weighted by molar-refractivity contribution is -0.127. The Balaban J connectivity index is 1.81. The van der Waals surface area contributed by atoms with E-state index in [1.165, 1.54) is 5.56 Å². The van der Waals surface area contributed by atoms with Crippen LogP contribution in [0.2, 0.25) is 0 Å². The number of hydrogen-bond acceptors (Lipinski definition) is 2. The van der Waals surface area contributed by atoms with Crippen LogP contribution in [0.3, 0.4) is 0 Å². The van der Waals surface area contributed by atoms with E-state index in [1.54, 1.807) is 0 Å². The van der Waals surface area contributed by atoms with Gasteiger partial charge in [-0.15, -0.1) is 0 Å². The Morgan fingerprint density at radius 2 is 1.95 bits per heavy atom. The summed E-state index contributed by atoms with van der Waals surface area (Å²) in [5, 5.41) is 6.77. The quantitative estimate of drug-likeness (QED) is 0.862. The Hall–Kier alpha value is -0.870. The van der Waals surface area contributed by atoms with Gasteiger partial charge in [0.1, 0.15) is 0 Å². The molecule has 1 aromatic carbocycles. The first-order valence-electron chi connectivity index (χ1n) is 8.39. The molecule has 2 fully saturated rings. The number of carbonyl (C=O) groups is 1. The number of rotatable bonds is 3. The topological polar surface area (TPSA) is 41.1 Å². The standard InChI is InChI=1S/C18H25BrN2O/c1-13-12-20-11-8-16(13)21-17(22)18(9-2-3-10-18)14-4-6-15(19)7-5-14/h4-7,13,16,20H,2-3,8-12H2,1H3,(H,21,22). The second kappa shape index (κ2) is 6.71. The van der Waals surface area contributed by atoms with E-state index in [2.05, 4.69) is 57.8 Å². The van der Waals surface area contributed by atoms with Gasteiger partial charge in [0, 0.05) is 10.5 Å². The minimum Gasteiger partial charge on any atom is -0.352 e. The number of halogens is 1. The molecule has 1 saturated carbocycles. The molecule has 1 saturated heterocycles. The second-order valence-corrected chi connectivity index (χ2v) is 7.76. The Bertz CT molecular complexity index is 522. The Morgan fingerprint density at radius 1 is 1.27 bits per heavy atom. The lowest BCUT2D eigenvalue weighted by Gasteiger charge is -2.35. The van der Waals surface area contributed by atoms with E-state index in [4.69, 9.17) is 0 Å². The highest BCUT2D eigenvalue weighted by Gasteiger charge is 2.43. The normalized spacial score (nSPS) is 27.5. The van der Waals surface area contributed by atoms with Crippen LogP contribution in [-0.2, 0) is 10.2 Å². The minimum atomic E-state index is -0.314. The monoisotopic (exact) mass is 364 g/mol.